The Morgan fingerprint density at radius 3 is 2.11 bits per heavy atom. The second-order valence-electron chi connectivity index (χ2n) is 4.92. The quantitative estimate of drug-likeness (QED) is 0.429. The van der Waals surface area contributed by atoms with Crippen molar-refractivity contribution in [2.45, 2.75) is 32.3 Å². The summed E-state index contributed by atoms with van der Waals surface area (Å²) in [6.45, 7) is 7.06. The van der Waals surface area contributed by atoms with Crippen LogP contribution >= 0.6 is 0 Å². The summed E-state index contributed by atoms with van der Waals surface area (Å²) in [6, 6.07) is 0. The van der Waals surface area contributed by atoms with Gasteiger partial charge < -0.3 is 0 Å². The van der Waals surface area contributed by atoms with Gasteiger partial charge in [-0.15, -0.1) is 0 Å². The Morgan fingerprint density at radius 1 is 1.21 bits per heavy atom. The third kappa shape index (κ3) is 2.76. The maximum absolute atomic E-state index is 11.5. The van der Waals surface area contributed by atoms with E-state index in [1.54, 1.807) is 6.92 Å². The van der Waals surface area contributed by atoms with Gasteiger partial charge in [-0.1, -0.05) is 43.0 Å². The van der Waals surface area contributed by atoms with E-state index in [1.807, 2.05) is 31.2 Å². The molecular formula is C16H18O3. The van der Waals surface area contributed by atoms with E-state index in [0.717, 1.165) is 24.0 Å². The van der Waals surface area contributed by atoms with Crippen LogP contribution in [0.2, 0.25) is 0 Å². The van der Waals surface area contributed by atoms with Crippen molar-refractivity contribution in [2.24, 2.45) is 0 Å². The summed E-state index contributed by atoms with van der Waals surface area (Å²) in [5.74, 6) is -0.538. The van der Waals surface area contributed by atoms with Gasteiger partial charge in [-0.25, -0.2) is 4.79 Å². The largest absolute Gasteiger partial charge is 0.368 e. The van der Waals surface area contributed by atoms with Gasteiger partial charge in [-0.2, -0.15) is 4.89 Å². The zero-order valence-electron chi connectivity index (χ0n) is 11.3. The molecule has 0 aromatic rings. The van der Waals surface area contributed by atoms with Gasteiger partial charge in [0.25, 0.3) is 0 Å². The minimum absolute atomic E-state index is 0.319. The Balaban J connectivity index is 2.15. The van der Waals surface area contributed by atoms with Gasteiger partial charge in [0.05, 0.1) is 0 Å². The van der Waals surface area contributed by atoms with Gasteiger partial charge in [0.1, 0.15) is 0 Å². The molecule has 0 spiro atoms. The van der Waals surface area contributed by atoms with Crippen LogP contribution in [0.25, 0.3) is 0 Å². The summed E-state index contributed by atoms with van der Waals surface area (Å²) in [6.07, 6.45) is 13.7. The highest BCUT2D eigenvalue weighted by Gasteiger charge is 2.37. The van der Waals surface area contributed by atoms with Crippen LogP contribution in [0, 0.1) is 0 Å². The normalized spacial score (nSPS) is 17.4. The first-order chi connectivity index (χ1) is 9.04. The zero-order valence-corrected chi connectivity index (χ0v) is 11.3. The van der Waals surface area contributed by atoms with Crippen LogP contribution in [0.5, 0.6) is 0 Å². The molecule has 3 heteroatoms. The van der Waals surface area contributed by atoms with Crippen LogP contribution in [0.3, 0.4) is 0 Å². The molecule has 0 aromatic carbocycles. The number of carbonyl (C=O) groups excluding carboxylic acids is 1. The molecule has 0 amide bonds. The van der Waals surface area contributed by atoms with E-state index in [-0.39, 0.29) is 0 Å². The molecular weight excluding hydrogens is 240 g/mol. The fourth-order valence-electron chi connectivity index (χ4n) is 2.11. The average Bonchev–Trinajstić information content (AvgIpc) is 3.06. The number of allylic oxidation sites excluding steroid dienone is 6. The Morgan fingerprint density at radius 2 is 1.74 bits per heavy atom. The van der Waals surface area contributed by atoms with E-state index in [1.165, 1.54) is 0 Å². The van der Waals surface area contributed by atoms with Crippen molar-refractivity contribution in [3.8, 4) is 0 Å². The Bertz CT molecular complexity index is 488. The van der Waals surface area contributed by atoms with Crippen molar-refractivity contribution in [1.29, 1.82) is 0 Å². The van der Waals surface area contributed by atoms with Gasteiger partial charge in [0.2, 0.25) is 0 Å². The molecule has 2 rings (SSSR count). The molecule has 0 saturated heterocycles. The van der Waals surface area contributed by atoms with Crippen LogP contribution in [0.15, 0.2) is 59.8 Å². The van der Waals surface area contributed by atoms with Crippen molar-refractivity contribution in [3.05, 3.63) is 59.8 Å². The fourth-order valence-corrected chi connectivity index (χ4v) is 2.11. The molecule has 0 aromatic heterocycles. The van der Waals surface area contributed by atoms with Gasteiger partial charge in [-0.05, 0) is 37.8 Å². The SMILES string of the molecule is C=C(C)C(=O)OOC(C)(C1=CC=CC1)C1=CC=CC1. The third-order valence-electron chi connectivity index (χ3n) is 3.40. The summed E-state index contributed by atoms with van der Waals surface area (Å²) in [5, 5.41) is 0. The molecule has 0 N–H and O–H groups in total. The maximum Gasteiger partial charge on any atom is 0.368 e. The van der Waals surface area contributed by atoms with E-state index >= 15 is 0 Å². The molecule has 0 unspecified atom stereocenters. The van der Waals surface area contributed by atoms with Crippen molar-refractivity contribution in [2.75, 3.05) is 0 Å². The summed E-state index contributed by atoms with van der Waals surface area (Å²) in [5.41, 5.74) is 1.77. The minimum atomic E-state index is -0.710. The first kappa shape index (κ1) is 13.6. The topological polar surface area (TPSA) is 35.5 Å². The van der Waals surface area contributed by atoms with Crippen LogP contribution in [0.4, 0.5) is 0 Å². The average molecular weight is 258 g/mol. The number of hydrogen-bond acceptors (Lipinski definition) is 3. The second kappa shape index (κ2) is 5.41. The van der Waals surface area contributed by atoms with Gasteiger partial charge in [0.15, 0.2) is 5.60 Å². The van der Waals surface area contributed by atoms with E-state index < -0.39 is 11.6 Å². The van der Waals surface area contributed by atoms with Crippen LogP contribution in [0.1, 0.15) is 26.7 Å². The predicted octanol–water partition coefficient (Wildman–Crippen LogP) is 3.57. The molecule has 19 heavy (non-hydrogen) atoms. The van der Waals surface area contributed by atoms with E-state index in [9.17, 15) is 4.79 Å². The molecule has 0 atom stereocenters. The summed E-state index contributed by atoms with van der Waals surface area (Å²) in [7, 11) is 0. The van der Waals surface area contributed by atoms with Crippen LogP contribution in [-0.4, -0.2) is 11.6 Å². The van der Waals surface area contributed by atoms with Crippen molar-refractivity contribution >= 4 is 5.97 Å². The molecule has 0 fully saturated rings. The fraction of sp³-hybridized carbons (Fsp3) is 0.312. The molecule has 0 radical (unpaired) electrons. The van der Waals surface area contributed by atoms with E-state index in [4.69, 9.17) is 9.78 Å². The summed E-state index contributed by atoms with van der Waals surface area (Å²) in [4.78, 5) is 21.9. The minimum Gasteiger partial charge on any atom is -0.292 e. The second-order valence-corrected chi connectivity index (χ2v) is 4.92. The highest BCUT2D eigenvalue weighted by atomic mass is 17.2. The monoisotopic (exact) mass is 258 g/mol. The molecule has 3 nitrogen and oxygen atoms in total. The zero-order chi connectivity index (χ0) is 13.9. The van der Waals surface area contributed by atoms with E-state index in [2.05, 4.69) is 18.7 Å². The Hall–Kier alpha value is -1.87. The van der Waals surface area contributed by atoms with Crippen molar-refractivity contribution < 1.29 is 14.6 Å². The molecule has 0 heterocycles. The van der Waals surface area contributed by atoms with Crippen molar-refractivity contribution in [3.63, 3.8) is 0 Å². The highest BCUT2D eigenvalue weighted by Crippen LogP contribution is 2.38. The van der Waals surface area contributed by atoms with Gasteiger partial charge in [0, 0.05) is 5.57 Å². The molecule has 2 aliphatic carbocycles. The number of carbonyl (C=O) groups is 1. The molecule has 0 bridgehead atoms. The lowest BCUT2D eigenvalue weighted by atomic mass is 9.86. The smallest absolute Gasteiger partial charge is 0.292 e. The molecule has 100 valence electrons. The molecule has 0 aliphatic heterocycles. The maximum atomic E-state index is 11.5. The van der Waals surface area contributed by atoms with Crippen LogP contribution < -0.4 is 0 Å². The first-order valence-corrected chi connectivity index (χ1v) is 6.32. The molecule has 2 aliphatic rings. The molecule has 0 saturated carbocycles. The van der Waals surface area contributed by atoms with Gasteiger partial charge >= 0.3 is 5.97 Å². The lowest BCUT2D eigenvalue weighted by Gasteiger charge is -2.30. The Kier molecular flexibility index (Phi) is 3.86. The lowest BCUT2D eigenvalue weighted by Crippen LogP contribution is -2.34. The van der Waals surface area contributed by atoms with Crippen LogP contribution in [-0.2, 0) is 14.6 Å². The van der Waals surface area contributed by atoms with E-state index in [0.29, 0.717) is 5.57 Å². The third-order valence-corrected chi connectivity index (χ3v) is 3.40. The summed E-state index contributed by atoms with van der Waals surface area (Å²) >= 11 is 0. The number of hydrogen-bond donors (Lipinski definition) is 0. The number of rotatable bonds is 5. The predicted molar refractivity (Wildman–Crippen MR) is 74.1 cm³/mol. The standard InChI is InChI=1S/C16H18O3/c1-12(2)15(17)18-19-16(3,13-8-4-5-9-13)14-10-6-7-11-14/h4-8,10H,1,9,11H2,2-3H3. The summed E-state index contributed by atoms with van der Waals surface area (Å²) < 4.78 is 0. The van der Waals surface area contributed by atoms with Crippen molar-refractivity contribution in [1.82, 2.24) is 0 Å². The first-order valence-electron chi connectivity index (χ1n) is 6.32. The highest BCUT2D eigenvalue weighted by molar-refractivity contribution is 5.86. The lowest BCUT2D eigenvalue weighted by molar-refractivity contribution is -0.307. The van der Waals surface area contributed by atoms with Gasteiger partial charge in [-0.3, -0.25) is 4.89 Å². The Labute approximate surface area is 113 Å².